The van der Waals surface area contributed by atoms with Crippen LogP contribution in [0, 0.1) is 0 Å². The minimum Gasteiger partial charge on any atom is -0.364 e. The maximum absolute atomic E-state index is 10.4. The van der Waals surface area contributed by atoms with Crippen molar-refractivity contribution in [1.29, 1.82) is 0 Å². The van der Waals surface area contributed by atoms with Crippen LogP contribution in [0.4, 0.5) is 0 Å². The molecule has 1 aliphatic heterocycles. The van der Waals surface area contributed by atoms with Crippen molar-refractivity contribution in [2.75, 3.05) is 0 Å². The maximum atomic E-state index is 10.4. The van der Waals surface area contributed by atoms with Gasteiger partial charge in [-0.25, -0.2) is 0 Å². The molecule has 0 fully saturated rings. The molecule has 1 unspecified atom stereocenters. The van der Waals surface area contributed by atoms with E-state index in [1.165, 1.54) is 11.8 Å². The Morgan fingerprint density at radius 2 is 2.40 bits per heavy atom. The number of carbonyl (C=O) groups is 1. The summed E-state index contributed by atoms with van der Waals surface area (Å²) in [5, 5.41) is 3.12. The highest BCUT2D eigenvalue weighted by atomic mass is 79.9. The molecule has 1 aliphatic rings. The molecular formula is C6H8BrNOS. The lowest BCUT2D eigenvalue weighted by Gasteiger charge is -2.15. The average molecular weight is 222 g/mol. The topological polar surface area (TPSA) is 29.1 Å². The minimum atomic E-state index is -0.187. The van der Waals surface area contributed by atoms with Crippen LogP contribution in [-0.4, -0.2) is 10.1 Å². The van der Waals surface area contributed by atoms with E-state index in [4.69, 9.17) is 0 Å². The average Bonchev–Trinajstić information content (AvgIpc) is 2.05. The first kappa shape index (κ1) is 8.14. The highest BCUT2D eigenvalue weighted by Crippen LogP contribution is 2.41. The molecule has 0 bridgehead atoms. The van der Waals surface area contributed by atoms with E-state index in [0.29, 0.717) is 0 Å². The second-order valence-electron chi connectivity index (χ2n) is 2.25. The Morgan fingerprint density at radius 1 is 1.80 bits per heavy atom. The van der Waals surface area contributed by atoms with E-state index in [9.17, 15) is 4.79 Å². The molecule has 0 saturated heterocycles. The fourth-order valence-corrected chi connectivity index (χ4v) is 2.51. The number of hydrogen-bond acceptors (Lipinski definition) is 3. The van der Waals surface area contributed by atoms with Crippen molar-refractivity contribution in [3.8, 4) is 0 Å². The van der Waals surface area contributed by atoms with Gasteiger partial charge >= 0.3 is 0 Å². The molecule has 0 spiro atoms. The fraction of sp³-hybridized carbons (Fsp3) is 0.500. The normalized spacial score (nSPS) is 32.3. The van der Waals surface area contributed by atoms with Crippen molar-refractivity contribution in [3.63, 3.8) is 0 Å². The molecule has 2 nitrogen and oxygen atoms in total. The number of halogens is 1. The molecular weight excluding hydrogens is 214 g/mol. The third-order valence-corrected chi connectivity index (χ3v) is 2.98. The van der Waals surface area contributed by atoms with Gasteiger partial charge in [-0.1, -0.05) is 11.8 Å². The molecule has 0 amide bonds. The molecule has 1 heterocycles. The molecule has 4 heteroatoms. The van der Waals surface area contributed by atoms with Crippen LogP contribution >= 0.6 is 27.7 Å². The molecule has 0 aromatic rings. The summed E-state index contributed by atoms with van der Waals surface area (Å²) in [6.45, 7) is 3.86. The summed E-state index contributed by atoms with van der Waals surface area (Å²) in [5.74, 6) is 0. The van der Waals surface area contributed by atoms with Crippen LogP contribution in [0.25, 0.3) is 0 Å². The smallest absolute Gasteiger partial charge is 0.158 e. The van der Waals surface area contributed by atoms with Crippen LogP contribution < -0.4 is 5.32 Å². The van der Waals surface area contributed by atoms with E-state index < -0.39 is 0 Å². The zero-order valence-electron chi connectivity index (χ0n) is 5.77. The van der Waals surface area contributed by atoms with Crippen molar-refractivity contribution in [2.45, 2.75) is 17.6 Å². The first-order chi connectivity index (χ1) is 4.55. The minimum absolute atomic E-state index is 0.187. The molecule has 10 heavy (non-hydrogen) atoms. The highest BCUT2D eigenvalue weighted by molar-refractivity contribution is 9.12. The van der Waals surface area contributed by atoms with Gasteiger partial charge in [0.15, 0.2) is 6.29 Å². The number of thioether (sulfide) groups is 1. The van der Waals surface area contributed by atoms with Gasteiger partial charge in [-0.15, -0.1) is 0 Å². The Bertz CT molecular complexity index is 200. The van der Waals surface area contributed by atoms with Crippen LogP contribution in [-0.2, 0) is 4.79 Å². The van der Waals surface area contributed by atoms with E-state index in [0.717, 1.165) is 16.9 Å². The summed E-state index contributed by atoms with van der Waals surface area (Å²) in [4.78, 5) is 11.1. The molecule has 0 radical (unpaired) electrons. The zero-order valence-corrected chi connectivity index (χ0v) is 8.17. The van der Waals surface area contributed by atoms with Gasteiger partial charge in [-0.05, 0) is 29.8 Å². The fourth-order valence-electron chi connectivity index (χ4n) is 0.818. The van der Waals surface area contributed by atoms with Crippen molar-refractivity contribution in [3.05, 3.63) is 10.6 Å². The number of hydrogen-bond donors (Lipinski definition) is 1. The van der Waals surface area contributed by atoms with Gasteiger partial charge in [0.05, 0.1) is 4.91 Å². The first-order valence-corrected chi connectivity index (χ1v) is 4.48. The van der Waals surface area contributed by atoms with Gasteiger partial charge in [-0.2, -0.15) is 0 Å². The Hall–Kier alpha value is 0.0400. The van der Waals surface area contributed by atoms with Crippen molar-refractivity contribution < 1.29 is 4.79 Å². The number of allylic oxidation sites excluding steroid dienone is 2. The van der Waals surface area contributed by atoms with E-state index in [1.807, 2.05) is 13.8 Å². The second-order valence-corrected chi connectivity index (χ2v) is 5.82. The summed E-state index contributed by atoms with van der Waals surface area (Å²) in [6.07, 6.45) is 0.875. The monoisotopic (exact) mass is 221 g/mol. The van der Waals surface area contributed by atoms with Crippen LogP contribution in [0.15, 0.2) is 10.6 Å². The summed E-state index contributed by atoms with van der Waals surface area (Å²) in [6, 6.07) is 0. The molecule has 0 aromatic carbocycles. The predicted molar refractivity (Wildman–Crippen MR) is 46.8 cm³/mol. The summed E-state index contributed by atoms with van der Waals surface area (Å²) in [5.41, 5.74) is 0.944. The largest absolute Gasteiger partial charge is 0.364 e. The first-order valence-electron chi connectivity index (χ1n) is 2.87. The molecule has 0 aliphatic carbocycles. The van der Waals surface area contributed by atoms with E-state index in [1.54, 1.807) is 0 Å². The van der Waals surface area contributed by atoms with Crippen LogP contribution in [0.2, 0.25) is 0 Å². The van der Waals surface area contributed by atoms with E-state index >= 15 is 0 Å². The number of nitrogens with one attached hydrogen (secondary N) is 1. The van der Waals surface area contributed by atoms with Gasteiger partial charge in [0, 0.05) is 5.70 Å². The SMILES string of the molecule is CC1=C(C=O)SC(C)(Br)N1. The molecule has 1 N–H and O–H groups in total. The summed E-state index contributed by atoms with van der Waals surface area (Å²) in [7, 11) is 0. The van der Waals surface area contributed by atoms with Gasteiger partial charge in [0.1, 0.15) is 3.78 Å². The second kappa shape index (κ2) is 2.58. The third kappa shape index (κ3) is 1.55. The van der Waals surface area contributed by atoms with Gasteiger partial charge in [0.2, 0.25) is 0 Å². The molecule has 1 atom stereocenters. The number of aldehydes is 1. The number of alkyl halides is 1. The quantitative estimate of drug-likeness (QED) is 0.417. The Morgan fingerprint density at radius 3 is 2.60 bits per heavy atom. The van der Waals surface area contributed by atoms with Crippen LogP contribution in [0.3, 0.4) is 0 Å². The highest BCUT2D eigenvalue weighted by Gasteiger charge is 2.29. The predicted octanol–water partition coefficient (Wildman–Crippen LogP) is 1.82. The Kier molecular flexibility index (Phi) is 2.10. The van der Waals surface area contributed by atoms with Crippen molar-refractivity contribution >= 4 is 34.0 Å². The van der Waals surface area contributed by atoms with E-state index in [2.05, 4.69) is 21.2 Å². The van der Waals surface area contributed by atoms with Gasteiger partial charge < -0.3 is 5.32 Å². The lowest BCUT2D eigenvalue weighted by molar-refractivity contribution is -0.104. The molecule has 0 saturated carbocycles. The number of carbonyl (C=O) groups excluding carboxylic acids is 1. The van der Waals surface area contributed by atoms with Gasteiger partial charge in [-0.3, -0.25) is 4.79 Å². The van der Waals surface area contributed by atoms with Crippen molar-refractivity contribution in [1.82, 2.24) is 5.32 Å². The summed E-state index contributed by atoms with van der Waals surface area (Å²) < 4.78 is -0.187. The van der Waals surface area contributed by atoms with E-state index in [-0.39, 0.29) is 3.78 Å². The molecule has 0 aromatic heterocycles. The third-order valence-electron chi connectivity index (χ3n) is 1.19. The lowest BCUT2D eigenvalue weighted by atomic mass is 10.4. The van der Waals surface area contributed by atoms with Crippen molar-refractivity contribution in [2.24, 2.45) is 0 Å². The molecule has 1 rings (SSSR count). The number of rotatable bonds is 1. The Labute approximate surface area is 72.6 Å². The Balaban J connectivity index is 2.77. The zero-order chi connectivity index (χ0) is 7.78. The standard InChI is InChI=1S/C6H8BrNOS/c1-4-5(3-9)10-6(2,7)8-4/h3,8H,1-2H3. The lowest BCUT2D eigenvalue weighted by Crippen LogP contribution is -2.25. The maximum Gasteiger partial charge on any atom is 0.158 e. The van der Waals surface area contributed by atoms with Crippen LogP contribution in [0.5, 0.6) is 0 Å². The summed E-state index contributed by atoms with van der Waals surface area (Å²) >= 11 is 4.91. The van der Waals surface area contributed by atoms with Crippen LogP contribution in [0.1, 0.15) is 13.8 Å². The molecule has 56 valence electrons. The van der Waals surface area contributed by atoms with Gasteiger partial charge in [0.25, 0.3) is 0 Å².